The van der Waals surface area contributed by atoms with E-state index in [1.165, 1.54) is 0 Å². The minimum Gasteiger partial charge on any atom is -0.320 e. The number of nitriles is 1. The molecule has 0 saturated carbocycles. The lowest BCUT2D eigenvalue weighted by molar-refractivity contribution is 0.831. The third kappa shape index (κ3) is 3.63. The number of hydrogen-bond donors (Lipinski definition) is 0. The first-order valence-corrected chi connectivity index (χ1v) is 9.63. The van der Waals surface area contributed by atoms with Crippen LogP contribution in [0, 0.1) is 11.3 Å². The van der Waals surface area contributed by atoms with Gasteiger partial charge in [-0.15, -0.1) is 0 Å². The van der Waals surface area contributed by atoms with E-state index in [-0.39, 0.29) is 0 Å². The molecule has 0 fully saturated rings. The number of halogens is 1. The average Bonchev–Trinajstić information content (AvgIpc) is 3.06. The molecule has 0 saturated heterocycles. The van der Waals surface area contributed by atoms with Gasteiger partial charge in [0, 0.05) is 29.4 Å². The summed E-state index contributed by atoms with van der Waals surface area (Å²) in [5.41, 5.74) is 2.74. The molecule has 5 nitrogen and oxygen atoms in total. The van der Waals surface area contributed by atoms with Crippen molar-refractivity contribution in [3.8, 4) is 29.0 Å². The lowest BCUT2D eigenvalue weighted by Crippen LogP contribution is -1.96. The Morgan fingerprint density at radius 3 is 2.46 bits per heavy atom. The quantitative estimate of drug-likeness (QED) is 0.467. The molecule has 28 heavy (non-hydrogen) atoms. The van der Waals surface area contributed by atoms with Gasteiger partial charge in [0.15, 0.2) is 5.82 Å². The smallest absolute Gasteiger partial charge is 0.160 e. The molecule has 4 rings (SSSR count). The molecule has 0 aliphatic heterocycles. The highest BCUT2D eigenvalue weighted by Gasteiger charge is 2.20. The SMILES string of the molecule is Cn1c(-c2ccccn2)nc(-c2ccc(C#N)cn2)c1Sc1ccc(Cl)cc1. The minimum atomic E-state index is 0.511. The number of aromatic nitrogens is 4. The summed E-state index contributed by atoms with van der Waals surface area (Å²) in [6.07, 6.45) is 3.30. The lowest BCUT2D eigenvalue weighted by atomic mass is 10.2. The van der Waals surface area contributed by atoms with Crippen molar-refractivity contribution in [2.45, 2.75) is 9.92 Å². The Bertz CT molecular complexity index is 1150. The maximum Gasteiger partial charge on any atom is 0.160 e. The van der Waals surface area contributed by atoms with Crippen LogP contribution in [-0.2, 0) is 7.05 Å². The number of hydrogen-bond acceptors (Lipinski definition) is 5. The second kappa shape index (κ2) is 7.85. The first-order chi connectivity index (χ1) is 13.7. The van der Waals surface area contributed by atoms with E-state index in [9.17, 15) is 0 Å². The van der Waals surface area contributed by atoms with Gasteiger partial charge in [-0.05, 0) is 48.5 Å². The van der Waals surface area contributed by atoms with Gasteiger partial charge in [-0.1, -0.05) is 29.4 Å². The second-order valence-electron chi connectivity index (χ2n) is 5.96. The second-order valence-corrected chi connectivity index (χ2v) is 7.46. The molecule has 0 aliphatic carbocycles. The fourth-order valence-electron chi connectivity index (χ4n) is 2.71. The first kappa shape index (κ1) is 18.2. The molecule has 0 aliphatic rings. The molecule has 1 aromatic carbocycles. The Hall–Kier alpha value is -3.14. The molecule has 3 heterocycles. The molecule has 0 unspecified atom stereocenters. The van der Waals surface area contributed by atoms with Crippen LogP contribution in [0.25, 0.3) is 22.9 Å². The number of imidazole rings is 1. The van der Waals surface area contributed by atoms with E-state index in [1.54, 1.807) is 30.2 Å². The number of nitrogens with zero attached hydrogens (tertiary/aromatic N) is 5. The van der Waals surface area contributed by atoms with Crippen LogP contribution in [-0.4, -0.2) is 19.5 Å². The summed E-state index contributed by atoms with van der Waals surface area (Å²) in [5, 5.41) is 10.7. The van der Waals surface area contributed by atoms with E-state index in [4.69, 9.17) is 21.8 Å². The van der Waals surface area contributed by atoms with Gasteiger partial charge in [0.25, 0.3) is 0 Å². The molecule has 136 valence electrons. The Morgan fingerprint density at radius 2 is 1.82 bits per heavy atom. The minimum absolute atomic E-state index is 0.511. The van der Waals surface area contributed by atoms with Crippen molar-refractivity contribution in [2.24, 2.45) is 7.05 Å². The van der Waals surface area contributed by atoms with Gasteiger partial charge in [-0.3, -0.25) is 9.97 Å². The molecule has 4 aromatic rings. The van der Waals surface area contributed by atoms with Crippen LogP contribution < -0.4 is 0 Å². The Labute approximate surface area is 171 Å². The largest absolute Gasteiger partial charge is 0.320 e. The summed E-state index contributed by atoms with van der Waals surface area (Å²) in [7, 11) is 1.96. The third-order valence-corrected chi connectivity index (χ3v) is 5.52. The van der Waals surface area contributed by atoms with E-state index in [0.717, 1.165) is 27.1 Å². The van der Waals surface area contributed by atoms with Gasteiger partial charge in [-0.2, -0.15) is 5.26 Å². The summed E-state index contributed by atoms with van der Waals surface area (Å²) in [6.45, 7) is 0. The highest BCUT2D eigenvalue weighted by molar-refractivity contribution is 7.99. The van der Waals surface area contributed by atoms with Crippen molar-refractivity contribution in [3.63, 3.8) is 0 Å². The van der Waals surface area contributed by atoms with Crippen molar-refractivity contribution in [3.05, 3.63) is 77.6 Å². The van der Waals surface area contributed by atoms with Crippen LogP contribution >= 0.6 is 23.4 Å². The van der Waals surface area contributed by atoms with Crippen LogP contribution in [0.3, 0.4) is 0 Å². The molecular weight excluding hydrogens is 390 g/mol. The van der Waals surface area contributed by atoms with E-state index < -0.39 is 0 Å². The predicted molar refractivity (Wildman–Crippen MR) is 110 cm³/mol. The normalized spacial score (nSPS) is 10.6. The molecule has 0 bridgehead atoms. The van der Waals surface area contributed by atoms with Gasteiger partial charge in [0.1, 0.15) is 22.5 Å². The number of rotatable bonds is 4. The van der Waals surface area contributed by atoms with Gasteiger partial charge >= 0.3 is 0 Å². The van der Waals surface area contributed by atoms with Crippen molar-refractivity contribution in [2.75, 3.05) is 0 Å². The van der Waals surface area contributed by atoms with Crippen LogP contribution in [0.2, 0.25) is 5.02 Å². The molecule has 7 heteroatoms. The van der Waals surface area contributed by atoms with Gasteiger partial charge in [0.2, 0.25) is 0 Å². The highest BCUT2D eigenvalue weighted by Crippen LogP contribution is 2.37. The fraction of sp³-hybridized carbons (Fsp3) is 0.0476. The van der Waals surface area contributed by atoms with Crippen LogP contribution in [0.5, 0.6) is 0 Å². The van der Waals surface area contributed by atoms with Crippen molar-refractivity contribution < 1.29 is 0 Å². The van der Waals surface area contributed by atoms with Gasteiger partial charge in [0.05, 0.1) is 11.3 Å². The van der Waals surface area contributed by atoms with Crippen LogP contribution in [0.4, 0.5) is 0 Å². The fourth-order valence-corrected chi connectivity index (χ4v) is 3.80. The standard InChI is InChI=1S/C21H14ClN5S/c1-27-20(18-4-2-3-11-24-18)26-19(17-10-5-14(12-23)13-25-17)21(27)28-16-8-6-15(22)7-9-16/h2-11,13H,1H3. The highest BCUT2D eigenvalue weighted by atomic mass is 35.5. The molecule has 0 radical (unpaired) electrons. The zero-order valence-corrected chi connectivity index (χ0v) is 16.4. The zero-order chi connectivity index (χ0) is 19.5. The predicted octanol–water partition coefficient (Wildman–Crippen LogP) is 5.22. The Morgan fingerprint density at radius 1 is 1.00 bits per heavy atom. The van der Waals surface area contributed by atoms with E-state index in [1.807, 2.05) is 60.1 Å². The average molecular weight is 404 g/mol. The molecule has 0 atom stereocenters. The Balaban J connectivity index is 1.84. The van der Waals surface area contributed by atoms with Gasteiger partial charge < -0.3 is 4.57 Å². The Kier molecular flexibility index (Phi) is 5.11. The lowest BCUT2D eigenvalue weighted by Gasteiger charge is -2.07. The zero-order valence-electron chi connectivity index (χ0n) is 14.9. The van der Waals surface area contributed by atoms with Crippen molar-refractivity contribution in [1.29, 1.82) is 5.26 Å². The van der Waals surface area contributed by atoms with E-state index in [2.05, 4.69) is 16.0 Å². The van der Waals surface area contributed by atoms with Crippen LogP contribution in [0.1, 0.15) is 5.56 Å². The molecule has 0 N–H and O–H groups in total. The number of pyridine rings is 2. The topological polar surface area (TPSA) is 67.4 Å². The summed E-state index contributed by atoms with van der Waals surface area (Å²) in [5.74, 6) is 0.748. The summed E-state index contributed by atoms with van der Waals surface area (Å²) in [4.78, 5) is 14.7. The van der Waals surface area contributed by atoms with E-state index in [0.29, 0.717) is 16.3 Å². The maximum absolute atomic E-state index is 9.03. The van der Waals surface area contributed by atoms with Crippen LogP contribution in [0.15, 0.2) is 76.9 Å². The van der Waals surface area contributed by atoms with E-state index >= 15 is 0 Å². The monoisotopic (exact) mass is 403 g/mol. The molecule has 0 spiro atoms. The first-order valence-electron chi connectivity index (χ1n) is 8.44. The third-order valence-electron chi connectivity index (χ3n) is 4.10. The summed E-state index contributed by atoms with van der Waals surface area (Å²) < 4.78 is 2.01. The number of benzene rings is 1. The molecular formula is C21H14ClN5S. The van der Waals surface area contributed by atoms with Crippen molar-refractivity contribution >= 4 is 23.4 Å². The summed E-state index contributed by atoms with van der Waals surface area (Å²) >= 11 is 7.59. The molecule has 0 amide bonds. The van der Waals surface area contributed by atoms with Crippen molar-refractivity contribution in [1.82, 2.24) is 19.5 Å². The van der Waals surface area contributed by atoms with Gasteiger partial charge in [-0.25, -0.2) is 4.98 Å². The molecule has 3 aromatic heterocycles. The maximum atomic E-state index is 9.03. The summed E-state index contributed by atoms with van der Waals surface area (Å²) in [6, 6.07) is 19.0.